The third-order valence-electron chi connectivity index (χ3n) is 4.30. The maximum Gasteiger partial charge on any atom is 0.387 e. The summed E-state index contributed by atoms with van der Waals surface area (Å²) in [4.78, 5) is 16.1. The van der Waals surface area contributed by atoms with Gasteiger partial charge in [0.05, 0.1) is 6.54 Å². The van der Waals surface area contributed by atoms with E-state index in [0.29, 0.717) is 16.5 Å². The van der Waals surface area contributed by atoms with E-state index in [1.54, 1.807) is 7.05 Å². The van der Waals surface area contributed by atoms with Gasteiger partial charge in [-0.05, 0) is 31.0 Å². The molecule has 28 heavy (non-hydrogen) atoms. The van der Waals surface area contributed by atoms with Crippen LogP contribution in [0.4, 0.5) is 8.78 Å². The minimum Gasteiger partial charge on any atom is -0.434 e. The maximum absolute atomic E-state index is 12.5. The number of halogens is 4. The molecule has 0 radical (unpaired) electrons. The Morgan fingerprint density at radius 2 is 2.00 bits per heavy atom. The van der Waals surface area contributed by atoms with Crippen molar-refractivity contribution in [3.8, 4) is 5.75 Å². The molecule has 2 rings (SSSR count). The van der Waals surface area contributed by atoms with Crippen LogP contribution in [-0.4, -0.2) is 38.1 Å². The van der Waals surface area contributed by atoms with E-state index in [0.717, 1.165) is 25.7 Å². The van der Waals surface area contributed by atoms with Crippen LogP contribution in [0.1, 0.15) is 37.7 Å². The van der Waals surface area contributed by atoms with Crippen molar-refractivity contribution in [1.82, 2.24) is 16.0 Å². The van der Waals surface area contributed by atoms with Gasteiger partial charge in [0.25, 0.3) is 0 Å². The molecule has 0 unspecified atom stereocenters. The first-order valence-corrected chi connectivity index (χ1v) is 9.33. The highest BCUT2D eigenvalue weighted by molar-refractivity contribution is 14.0. The number of hydrogen-bond acceptors (Lipinski definition) is 3. The molecular formula is C18H26ClF2IN4O2. The van der Waals surface area contributed by atoms with Crippen LogP contribution in [0.15, 0.2) is 23.2 Å². The van der Waals surface area contributed by atoms with Crippen LogP contribution in [0.2, 0.25) is 5.02 Å². The third-order valence-corrected chi connectivity index (χ3v) is 4.53. The number of hydrogen-bond donors (Lipinski definition) is 3. The SMILES string of the molecule is CN=C(NCC(=O)NC1CCCCC1)NCc1cc(Cl)ccc1OC(F)F.I. The van der Waals surface area contributed by atoms with Crippen molar-refractivity contribution in [1.29, 1.82) is 0 Å². The van der Waals surface area contributed by atoms with Crippen molar-refractivity contribution < 1.29 is 18.3 Å². The van der Waals surface area contributed by atoms with E-state index < -0.39 is 6.61 Å². The molecule has 1 amide bonds. The number of carbonyl (C=O) groups is 1. The van der Waals surface area contributed by atoms with Crippen LogP contribution in [0, 0.1) is 0 Å². The summed E-state index contributed by atoms with van der Waals surface area (Å²) in [6.45, 7) is -2.69. The highest BCUT2D eigenvalue weighted by Gasteiger charge is 2.16. The second-order valence-electron chi connectivity index (χ2n) is 6.31. The highest BCUT2D eigenvalue weighted by Crippen LogP contribution is 2.24. The van der Waals surface area contributed by atoms with E-state index >= 15 is 0 Å². The molecule has 1 aromatic carbocycles. The summed E-state index contributed by atoms with van der Waals surface area (Å²) in [5, 5.41) is 9.28. The Morgan fingerprint density at radius 1 is 1.29 bits per heavy atom. The van der Waals surface area contributed by atoms with Crippen LogP contribution in [0.25, 0.3) is 0 Å². The van der Waals surface area contributed by atoms with Crippen molar-refractivity contribution in [2.45, 2.75) is 51.3 Å². The van der Waals surface area contributed by atoms with Crippen LogP contribution in [0.3, 0.4) is 0 Å². The minimum absolute atomic E-state index is 0. The molecular weight excluding hydrogens is 505 g/mol. The quantitative estimate of drug-likeness (QED) is 0.286. The molecule has 1 fully saturated rings. The largest absolute Gasteiger partial charge is 0.434 e. The number of nitrogens with one attached hydrogen (secondary N) is 3. The van der Waals surface area contributed by atoms with Crippen molar-refractivity contribution in [3.63, 3.8) is 0 Å². The Kier molecular flexibility index (Phi) is 11.4. The molecule has 0 atom stereocenters. The molecule has 1 aliphatic rings. The number of amides is 1. The van der Waals surface area contributed by atoms with Crippen molar-refractivity contribution in [2.24, 2.45) is 4.99 Å². The van der Waals surface area contributed by atoms with Gasteiger partial charge in [-0.2, -0.15) is 8.78 Å². The number of aliphatic imine (C=N–C) groups is 1. The average Bonchev–Trinajstić information content (AvgIpc) is 2.64. The van der Waals surface area contributed by atoms with E-state index in [2.05, 4.69) is 25.7 Å². The molecule has 1 aliphatic carbocycles. The molecule has 0 aromatic heterocycles. The Balaban J connectivity index is 0.00000392. The van der Waals surface area contributed by atoms with Gasteiger partial charge in [-0.25, -0.2) is 0 Å². The number of ether oxygens (including phenoxy) is 1. The van der Waals surface area contributed by atoms with Crippen molar-refractivity contribution >= 4 is 47.4 Å². The molecule has 158 valence electrons. The number of rotatable bonds is 7. The lowest BCUT2D eigenvalue weighted by molar-refractivity contribution is -0.120. The lowest BCUT2D eigenvalue weighted by Crippen LogP contribution is -2.45. The second-order valence-corrected chi connectivity index (χ2v) is 6.75. The maximum atomic E-state index is 12.5. The summed E-state index contributed by atoms with van der Waals surface area (Å²) in [6.07, 6.45) is 5.54. The van der Waals surface area contributed by atoms with E-state index in [1.165, 1.54) is 24.6 Å². The molecule has 10 heteroatoms. The van der Waals surface area contributed by atoms with Crippen LogP contribution < -0.4 is 20.7 Å². The number of alkyl halides is 2. The summed E-state index contributed by atoms with van der Waals surface area (Å²) in [7, 11) is 1.56. The fraction of sp³-hybridized carbons (Fsp3) is 0.556. The van der Waals surface area contributed by atoms with Gasteiger partial charge in [-0.15, -0.1) is 24.0 Å². The van der Waals surface area contributed by atoms with E-state index in [4.69, 9.17) is 11.6 Å². The first-order chi connectivity index (χ1) is 13.0. The fourth-order valence-corrected chi connectivity index (χ4v) is 3.18. The highest BCUT2D eigenvalue weighted by atomic mass is 127. The van der Waals surface area contributed by atoms with Crippen molar-refractivity contribution in [2.75, 3.05) is 13.6 Å². The molecule has 0 saturated heterocycles. The van der Waals surface area contributed by atoms with Gasteiger partial charge in [0.2, 0.25) is 5.91 Å². The fourth-order valence-electron chi connectivity index (χ4n) is 2.99. The molecule has 3 N–H and O–H groups in total. The molecule has 1 aromatic rings. The smallest absolute Gasteiger partial charge is 0.387 e. The van der Waals surface area contributed by atoms with Crippen LogP contribution in [-0.2, 0) is 11.3 Å². The second kappa shape index (κ2) is 13.0. The van der Waals surface area contributed by atoms with Crippen LogP contribution in [0.5, 0.6) is 5.75 Å². The third kappa shape index (κ3) is 8.76. The minimum atomic E-state index is -2.93. The van der Waals surface area contributed by atoms with Gasteiger partial charge in [0.15, 0.2) is 5.96 Å². The van der Waals surface area contributed by atoms with Gasteiger partial charge in [0.1, 0.15) is 5.75 Å². The normalized spacial score (nSPS) is 15.0. The van der Waals surface area contributed by atoms with E-state index in [-0.39, 0.29) is 54.8 Å². The number of benzene rings is 1. The van der Waals surface area contributed by atoms with Gasteiger partial charge in [0, 0.05) is 30.2 Å². The van der Waals surface area contributed by atoms with Gasteiger partial charge >= 0.3 is 6.61 Å². The zero-order valence-electron chi connectivity index (χ0n) is 15.6. The number of carbonyl (C=O) groups excluding carboxylic acids is 1. The summed E-state index contributed by atoms with van der Waals surface area (Å²) < 4.78 is 29.5. The number of guanidine groups is 1. The van der Waals surface area contributed by atoms with Crippen molar-refractivity contribution in [3.05, 3.63) is 28.8 Å². The van der Waals surface area contributed by atoms with E-state index in [9.17, 15) is 13.6 Å². The predicted molar refractivity (Wildman–Crippen MR) is 117 cm³/mol. The molecule has 0 bridgehead atoms. The summed E-state index contributed by atoms with van der Waals surface area (Å²) in [5.41, 5.74) is 0.456. The first-order valence-electron chi connectivity index (χ1n) is 8.95. The lowest BCUT2D eigenvalue weighted by atomic mass is 9.95. The predicted octanol–water partition coefficient (Wildman–Crippen LogP) is 3.67. The Bertz CT molecular complexity index is 658. The lowest BCUT2D eigenvalue weighted by Gasteiger charge is -2.23. The van der Waals surface area contributed by atoms with Gasteiger partial charge in [-0.3, -0.25) is 9.79 Å². The molecule has 6 nitrogen and oxygen atoms in total. The summed E-state index contributed by atoms with van der Waals surface area (Å²) in [5.74, 6) is 0.304. The Hall–Kier alpha value is -1.36. The van der Waals surface area contributed by atoms with Gasteiger partial charge in [-0.1, -0.05) is 30.9 Å². The summed E-state index contributed by atoms with van der Waals surface area (Å²) in [6, 6.07) is 4.64. The zero-order valence-corrected chi connectivity index (χ0v) is 18.7. The summed E-state index contributed by atoms with van der Waals surface area (Å²) >= 11 is 5.93. The molecule has 1 saturated carbocycles. The Labute approximate surface area is 185 Å². The molecule has 0 heterocycles. The number of nitrogens with zero attached hydrogens (tertiary/aromatic N) is 1. The molecule has 0 spiro atoms. The molecule has 0 aliphatic heterocycles. The van der Waals surface area contributed by atoms with Crippen LogP contribution >= 0.6 is 35.6 Å². The zero-order chi connectivity index (χ0) is 19.6. The van der Waals surface area contributed by atoms with Gasteiger partial charge < -0.3 is 20.7 Å². The van der Waals surface area contributed by atoms with E-state index in [1.807, 2.05) is 0 Å². The first kappa shape index (κ1) is 24.7. The monoisotopic (exact) mass is 530 g/mol. The standard InChI is InChI=1S/C18H25ClF2N4O2.HI/c1-22-18(24-11-16(26)25-14-5-3-2-4-6-14)23-10-12-9-13(19)7-8-15(12)27-17(20)21;/h7-9,14,17H,2-6,10-11H2,1H3,(H,25,26)(H2,22,23,24);1H. The Morgan fingerprint density at radius 3 is 2.64 bits per heavy atom. The topological polar surface area (TPSA) is 74.8 Å². The average molecular weight is 531 g/mol.